The van der Waals surface area contributed by atoms with Crippen LogP contribution in [0.3, 0.4) is 0 Å². The number of hydrogen-bond acceptors (Lipinski definition) is 5. The number of rotatable bonds is 4. The van der Waals surface area contributed by atoms with Gasteiger partial charge in [0.15, 0.2) is 11.5 Å². The maximum absolute atomic E-state index is 11.7. The molecule has 6 nitrogen and oxygen atoms in total. The van der Waals surface area contributed by atoms with Crippen molar-refractivity contribution in [2.24, 2.45) is 0 Å². The number of carbonyl (C=O) groups is 1. The average molecular weight is 342 g/mol. The van der Waals surface area contributed by atoms with Gasteiger partial charge in [-0.05, 0) is 50.6 Å². The molecule has 0 aromatic heterocycles. The van der Waals surface area contributed by atoms with Crippen LogP contribution < -0.4 is 20.1 Å². The lowest BCUT2D eigenvalue weighted by Gasteiger charge is -2.19. The van der Waals surface area contributed by atoms with Crippen molar-refractivity contribution in [2.75, 3.05) is 12.1 Å². The Morgan fingerprint density at radius 3 is 2.44 bits per heavy atom. The van der Waals surface area contributed by atoms with Crippen molar-refractivity contribution in [3.05, 3.63) is 48.0 Å². The quantitative estimate of drug-likeness (QED) is 0.872. The first-order valence-corrected chi connectivity index (χ1v) is 8.11. The Balaban J connectivity index is 1.54. The lowest BCUT2D eigenvalue weighted by Crippen LogP contribution is -2.32. The maximum atomic E-state index is 11.7. The van der Waals surface area contributed by atoms with Crippen LogP contribution in [-0.2, 0) is 11.3 Å². The molecular formula is C19H22N2O4. The second-order valence-corrected chi connectivity index (χ2v) is 6.75. The molecule has 1 amide bonds. The Morgan fingerprint density at radius 1 is 1.04 bits per heavy atom. The van der Waals surface area contributed by atoms with Crippen LogP contribution in [0.5, 0.6) is 11.5 Å². The third-order valence-electron chi connectivity index (χ3n) is 3.45. The fraction of sp³-hybridized carbons (Fsp3) is 0.316. The third-order valence-corrected chi connectivity index (χ3v) is 3.45. The van der Waals surface area contributed by atoms with E-state index >= 15 is 0 Å². The summed E-state index contributed by atoms with van der Waals surface area (Å²) in [6.07, 6.45) is -0.421. The van der Waals surface area contributed by atoms with Gasteiger partial charge in [0.1, 0.15) is 5.60 Å². The van der Waals surface area contributed by atoms with Gasteiger partial charge in [0.05, 0.1) is 0 Å². The van der Waals surface area contributed by atoms with Gasteiger partial charge in [0.25, 0.3) is 0 Å². The number of fused-ring (bicyclic) bond motifs is 1. The summed E-state index contributed by atoms with van der Waals surface area (Å²) in [7, 11) is 0. The summed E-state index contributed by atoms with van der Waals surface area (Å²) in [4.78, 5) is 11.7. The topological polar surface area (TPSA) is 68.8 Å². The molecule has 0 saturated heterocycles. The molecular weight excluding hydrogens is 320 g/mol. The highest BCUT2D eigenvalue weighted by molar-refractivity contribution is 5.68. The van der Waals surface area contributed by atoms with Gasteiger partial charge in [-0.1, -0.05) is 12.1 Å². The van der Waals surface area contributed by atoms with Gasteiger partial charge in [-0.15, -0.1) is 0 Å². The van der Waals surface area contributed by atoms with E-state index < -0.39 is 11.7 Å². The smallest absolute Gasteiger partial charge is 0.407 e. The van der Waals surface area contributed by atoms with Crippen LogP contribution in [0.15, 0.2) is 42.5 Å². The highest BCUT2D eigenvalue weighted by atomic mass is 16.7. The van der Waals surface area contributed by atoms with Crippen LogP contribution in [0.2, 0.25) is 0 Å². The molecule has 0 bridgehead atoms. The summed E-state index contributed by atoms with van der Waals surface area (Å²) < 4.78 is 15.9. The monoisotopic (exact) mass is 342 g/mol. The average Bonchev–Trinajstić information content (AvgIpc) is 3.00. The van der Waals surface area contributed by atoms with E-state index in [0.717, 1.165) is 28.4 Å². The zero-order valence-corrected chi connectivity index (χ0v) is 14.6. The molecule has 0 fully saturated rings. The summed E-state index contributed by atoms with van der Waals surface area (Å²) in [6.45, 7) is 6.19. The summed E-state index contributed by atoms with van der Waals surface area (Å²) in [5.74, 6) is 1.50. The Morgan fingerprint density at radius 2 is 1.72 bits per heavy atom. The van der Waals surface area contributed by atoms with Gasteiger partial charge >= 0.3 is 6.09 Å². The molecule has 0 spiro atoms. The minimum atomic E-state index is -0.498. The molecule has 2 aromatic rings. The molecule has 2 aromatic carbocycles. The normalized spacial score (nSPS) is 12.6. The van der Waals surface area contributed by atoms with Crippen molar-refractivity contribution in [1.29, 1.82) is 0 Å². The van der Waals surface area contributed by atoms with Gasteiger partial charge in [0, 0.05) is 24.0 Å². The van der Waals surface area contributed by atoms with E-state index in [2.05, 4.69) is 10.6 Å². The molecule has 1 aliphatic rings. The number of benzene rings is 2. The van der Waals surface area contributed by atoms with Crippen LogP contribution in [-0.4, -0.2) is 18.5 Å². The van der Waals surface area contributed by atoms with Crippen molar-refractivity contribution < 1.29 is 19.0 Å². The number of amides is 1. The molecule has 132 valence electrons. The van der Waals surface area contributed by atoms with Crippen molar-refractivity contribution in [3.8, 4) is 11.5 Å². The minimum Gasteiger partial charge on any atom is -0.454 e. The molecule has 2 N–H and O–H groups in total. The summed E-state index contributed by atoms with van der Waals surface area (Å²) >= 11 is 0. The molecule has 6 heteroatoms. The van der Waals surface area contributed by atoms with Crippen LogP contribution in [0, 0.1) is 0 Å². The summed E-state index contributed by atoms with van der Waals surface area (Å²) in [6, 6.07) is 13.5. The number of hydrogen-bond donors (Lipinski definition) is 2. The van der Waals surface area contributed by atoms with E-state index in [1.807, 2.05) is 63.2 Å². The first-order valence-electron chi connectivity index (χ1n) is 8.11. The minimum absolute atomic E-state index is 0.262. The first-order chi connectivity index (χ1) is 11.9. The fourth-order valence-electron chi connectivity index (χ4n) is 2.34. The highest BCUT2D eigenvalue weighted by Gasteiger charge is 2.16. The third kappa shape index (κ3) is 4.79. The molecule has 0 aliphatic carbocycles. The number of anilines is 2. The van der Waals surface area contributed by atoms with Crippen LogP contribution in [0.4, 0.5) is 16.2 Å². The van der Waals surface area contributed by atoms with Gasteiger partial charge in [-0.3, -0.25) is 0 Å². The number of alkyl carbamates (subject to hydrolysis) is 1. The zero-order chi connectivity index (χ0) is 17.9. The molecule has 3 rings (SSSR count). The zero-order valence-electron chi connectivity index (χ0n) is 14.6. The van der Waals surface area contributed by atoms with E-state index in [0.29, 0.717) is 6.54 Å². The number of nitrogens with one attached hydrogen (secondary N) is 2. The molecule has 25 heavy (non-hydrogen) atoms. The standard InChI is InChI=1S/C19H22N2O4/c1-19(2,3)25-18(22)20-11-13-4-6-14(7-5-13)21-15-8-9-16-17(10-15)24-12-23-16/h4-10,21H,11-12H2,1-3H3,(H,20,22). The fourth-order valence-corrected chi connectivity index (χ4v) is 2.34. The molecule has 1 heterocycles. The molecule has 0 radical (unpaired) electrons. The van der Waals surface area contributed by atoms with Crippen molar-refractivity contribution in [2.45, 2.75) is 32.9 Å². The van der Waals surface area contributed by atoms with E-state index in [-0.39, 0.29) is 6.79 Å². The van der Waals surface area contributed by atoms with E-state index in [4.69, 9.17) is 14.2 Å². The predicted molar refractivity (Wildman–Crippen MR) is 95.4 cm³/mol. The predicted octanol–water partition coefficient (Wildman–Crippen LogP) is 4.18. The SMILES string of the molecule is CC(C)(C)OC(=O)NCc1ccc(Nc2ccc3c(c2)OCO3)cc1. The largest absolute Gasteiger partial charge is 0.454 e. The Hall–Kier alpha value is -2.89. The van der Waals surface area contributed by atoms with Crippen LogP contribution >= 0.6 is 0 Å². The van der Waals surface area contributed by atoms with Gasteiger partial charge in [0.2, 0.25) is 6.79 Å². The lowest BCUT2D eigenvalue weighted by atomic mass is 10.2. The van der Waals surface area contributed by atoms with Crippen molar-refractivity contribution >= 4 is 17.5 Å². The van der Waals surface area contributed by atoms with Gasteiger partial charge < -0.3 is 24.8 Å². The molecule has 0 unspecified atom stereocenters. The highest BCUT2D eigenvalue weighted by Crippen LogP contribution is 2.35. The van der Waals surface area contributed by atoms with Crippen LogP contribution in [0.25, 0.3) is 0 Å². The summed E-state index contributed by atoms with van der Waals surface area (Å²) in [5, 5.41) is 6.05. The number of ether oxygens (including phenoxy) is 3. The van der Waals surface area contributed by atoms with Crippen LogP contribution in [0.1, 0.15) is 26.3 Å². The Labute approximate surface area is 147 Å². The van der Waals surface area contributed by atoms with E-state index in [9.17, 15) is 4.79 Å². The second-order valence-electron chi connectivity index (χ2n) is 6.75. The van der Waals surface area contributed by atoms with Crippen molar-refractivity contribution in [3.63, 3.8) is 0 Å². The molecule has 0 saturated carbocycles. The first kappa shape index (κ1) is 17.0. The number of carbonyl (C=O) groups excluding carboxylic acids is 1. The second kappa shape index (κ2) is 6.93. The summed E-state index contributed by atoms with van der Waals surface area (Å²) in [5.41, 5.74) is 2.36. The Kier molecular flexibility index (Phi) is 4.70. The van der Waals surface area contributed by atoms with Gasteiger partial charge in [-0.2, -0.15) is 0 Å². The van der Waals surface area contributed by atoms with E-state index in [1.165, 1.54) is 0 Å². The van der Waals surface area contributed by atoms with E-state index in [1.54, 1.807) is 0 Å². The van der Waals surface area contributed by atoms with Crippen molar-refractivity contribution in [1.82, 2.24) is 5.32 Å². The molecule has 1 aliphatic heterocycles. The Bertz CT molecular complexity index is 751. The maximum Gasteiger partial charge on any atom is 0.407 e. The molecule has 0 atom stereocenters. The lowest BCUT2D eigenvalue weighted by molar-refractivity contribution is 0.0523. The van der Waals surface area contributed by atoms with Gasteiger partial charge in [-0.25, -0.2) is 4.79 Å².